The molecule has 5 heteroatoms. The van der Waals surface area contributed by atoms with E-state index in [-0.39, 0.29) is 12.3 Å². The van der Waals surface area contributed by atoms with Crippen LogP contribution in [0.4, 0.5) is 5.88 Å². The molecule has 56 valence electrons. The molecular formula is C6H4N2O3. The quantitative estimate of drug-likeness (QED) is 0.471. The molecule has 0 spiro atoms. The second-order valence-corrected chi connectivity index (χ2v) is 1.83. The molecule has 0 fully saturated rings. The van der Waals surface area contributed by atoms with Crippen LogP contribution < -0.4 is 0 Å². The highest BCUT2D eigenvalue weighted by Crippen LogP contribution is 2.15. The molecule has 0 amide bonds. The highest BCUT2D eigenvalue weighted by molar-refractivity contribution is 5.19. The van der Waals surface area contributed by atoms with Crippen LogP contribution in [0.2, 0.25) is 0 Å². The second kappa shape index (κ2) is 2.84. The maximum Gasteiger partial charge on any atom is 0.433 e. The van der Waals surface area contributed by atoms with Gasteiger partial charge in [0, 0.05) is 0 Å². The van der Waals surface area contributed by atoms with E-state index in [4.69, 9.17) is 5.26 Å². The lowest BCUT2D eigenvalue weighted by atomic mass is 10.4. The van der Waals surface area contributed by atoms with Crippen molar-refractivity contribution in [2.24, 2.45) is 0 Å². The third kappa shape index (κ3) is 1.55. The summed E-state index contributed by atoms with van der Waals surface area (Å²) in [6.07, 6.45) is 0.0633. The van der Waals surface area contributed by atoms with Gasteiger partial charge in [0.25, 0.3) is 0 Å². The molecule has 0 bridgehead atoms. The number of hydrogen-bond acceptors (Lipinski definition) is 4. The van der Waals surface area contributed by atoms with E-state index < -0.39 is 4.92 Å². The molecule has 1 aromatic rings. The maximum absolute atomic E-state index is 10.0. The van der Waals surface area contributed by atoms with E-state index in [0.29, 0.717) is 5.76 Å². The van der Waals surface area contributed by atoms with Crippen molar-refractivity contribution in [1.82, 2.24) is 0 Å². The van der Waals surface area contributed by atoms with Gasteiger partial charge >= 0.3 is 5.88 Å². The fourth-order valence-electron chi connectivity index (χ4n) is 0.638. The van der Waals surface area contributed by atoms with Crippen LogP contribution in [0, 0.1) is 21.4 Å². The number of hydrogen-bond donors (Lipinski definition) is 0. The van der Waals surface area contributed by atoms with Gasteiger partial charge in [0.05, 0.1) is 18.6 Å². The van der Waals surface area contributed by atoms with Gasteiger partial charge in [0.1, 0.15) is 10.7 Å². The van der Waals surface area contributed by atoms with Crippen molar-refractivity contribution in [2.45, 2.75) is 6.42 Å². The smallest absolute Gasteiger partial charge is 0.405 e. The molecule has 0 aliphatic heterocycles. The van der Waals surface area contributed by atoms with Crippen LogP contribution in [0.5, 0.6) is 0 Å². The lowest BCUT2D eigenvalue weighted by molar-refractivity contribution is -0.402. The van der Waals surface area contributed by atoms with Crippen molar-refractivity contribution in [1.29, 1.82) is 5.26 Å². The minimum Gasteiger partial charge on any atom is -0.405 e. The summed E-state index contributed by atoms with van der Waals surface area (Å²) in [5.41, 5.74) is 0. The van der Waals surface area contributed by atoms with Gasteiger partial charge in [-0.25, -0.2) is 0 Å². The molecule has 1 aromatic heterocycles. The summed E-state index contributed by atoms with van der Waals surface area (Å²) in [5, 5.41) is 18.2. The largest absolute Gasteiger partial charge is 0.433 e. The monoisotopic (exact) mass is 152 g/mol. The number of nitriles is 1. The molecular weight excluding hydrogens is 148 g/mol. The summed E-state index contributed by atoms with van der Waals surface area (Å²) >= 11 is 0. The fourth-order valence-corrected chi connectivity index (χ4v) is 0.638. The minimum absolute atomic E-state index is 0.0633. The molecule has 0 saturated carbocycles. The predicted octanol–water partition coefficient (Wildman–Crippen LogP) is 1.25. The number of nitrogens with zero attached hydrogens (tertiary/aromatic N) is 2. The molecule has 0 radical (unpaired) electrons. The number of furan rings is 1. The standard InChI is InChI=1S/C6H4N2O3/c7-4-3-5-1-2-6(11-5)8(9)10/h1-2H,3H2. The summed E-state index contributed by atoms with van der Waals surface area (Å²) in [6, 6.07) is 4.47. The minimum atomic E-state index is -0.638. The Hall–Kier alpha value is -1.83. The summed E-state index contributed by atoms with van der Waals surface area (Å²) in [5.74, 6) is -0.00514. The van der Waals surface area contributed by atoms with Crippen LogP contribution in [0.1, 0.15) is 5.76 Å². The van der Waals surface area contributed by atoms with Crippen molar-refractivity contribution in [3.63, 3.8) is 0 Å². The molecule has 11 heavy (non-hydrogen) atoms. The van der Waals surface area contributed by atoms with E-state index in [2.05, 4.69) is 4.42 Å². The van der Waals surface area contributed by atoms with Gasteiger partial charge < -0.3 is 4.42 Å². The highest BCUT2D eigenvalue weighted by Gasteiger charge is 2.10. The molecule has 1 heterocycles. The van der Waals surface area contributed by atoms with Crippen LogP contribution in [0.25, 0.3) is 0 Å². The van der Waals surface area contributed by atoms with Gasteiger partial charge in [-0.2, -0.15) is 5.26 Å². The summed E-state index contributed by atoms with van der Waals surface area (Å²) in [7, 11) is 0. The van der Waals surface area contributed by atoms with Crippen molar-refractivity contribution >= 4 is 5.88 Å². The summed E-state index contributed by atoms with van der Waals surface area (Å²) in [4.78, 5) is 9.41. The highest BCUT2D eigenvalue weighted by atomic mass is 16.6. The Morgan fingerprint density at radius 1 is 1.73 bits per heavy atom. The van der Waals surface area contributed by atoms with Gasteiger partial charge in [0.2, 0.25) is 0 Å². The zero-order chi connectivity index (χ0) is 8.27. The average molecular weight is 152 g/mol. The Morgan fingerprint density at radius 3 is 2.91 bits per heavy atom. The molecule has 0 atom stereocenters. The Labute approximate surface area is 62.0 Å². The van der Waals surface area contributed by atoms with Crippen LogP contribution in [-0.4, -0.2) is 4.92 Å². The first-order valence-electron chi connectivity index (χ1n) is 2.84. The zero-order valence-corrected chi connectivity index (χ0v) is 5.48. The van der Waals surface area contributed by atoms with E-state index in [0.717, 1.165) is 0 Å². The molecule has 0 unspecified atom stereocenters. The Bertz CT molecular complexity index is 310. The normalized spacial score (nSPS) is 9.00. The number of nitro groups is 1. The first-order chi connectivity index (χ1) is 5.24. The van der Waals surface area contributed by atoms with Crippen LogP contribution in [-0.2, 0) is 6.42 Å². The van der Waals surface area contributed by atoms with E-state index in [1.165, 1.54) is 12.1 Å². The van der Waals surface area contributed by atoms with Crippen molar-refractivity contribution in [3.05, 3.63) is 28.0 Å². The molecule has 0 aliphatic rings. The zero-order valence-electron chi connectivity index (χ0n) is 5.48. The third-order valence-electron chi connectivity index (χ3n) is 1.08. The van der Waals surface area contributed by atoms with Crippen molar-refractivity contribution < 1.29 is 9.34 Å². The van der Waals surface area contributed by atoms with Gasteiger partial charge in [-0.3, -0.25) is 10.1 Å². The first-order valence-corrected chi connectivity index (χ1v) is 2.84. The molecule has 0 saturated heterocycles. The molecule has 0 N–H and O–H groups in total. The second-order valence-electron chi connectivity index (χ2n) is 1.83. The topological polar surface area (TPSA) is 80.1 Å². The molecule has 0 aromatic carbocycles. The maximum atomic E-state index is 10.0. The van der Waals surface area contributed by atoms with Crippen LogP contribution in [0.3, 0.4) is 0 Å². The molecule has 5 nitrogen and oxygen atoms in total. The fraction of sp³-hybridized carbons (Fsp3) is 0.167. The van der Waals surface area contributed by atoms with E-state index in [1.807, 2.05) is 6.07 Å². The number of rotatable bonds is 2. The molecule has 0 aliphatic carbocycles. The van der Waals surface area contributed by atoms with Crippen LogP contribution >= 0.6 is 0 Å². The van der Waals surface area contributed by atoms with Crippen LogP contribution in [0.15, 0.2) is 16.5 Å². The lowest BCUT2D eigenvalue weighted by Gasteiger charge is -1.82. The van der Waals surface area contributed by atoms with E-state index in [9.17, 15) is 10.1 Å². The van der Waals surface area contributed by atoms with E-state index in [1.54, 1.807) is 0 Å². The van der Waals surface area contributed by atoms with Gasteiger partial charge in [-0.05, 0) is 6.07 Å². The summed E-state index contributed by atoms with van der Waals surface area (Å²) < 4.78 is 4.66. The Kier molecular flexibility index (Phi) is 1.88. The van der Waals surface area contributed by atoms with Gasteiger partial charge in [-0.15, -0.1) is 0 Å². The van der Waals surface area contributed by atoms with Crippen molar-refractivity contribution in [3.8, 4) is 6.07 Å². The van der Waals surface area contributed by atoms with Gasteiger partial charge in [-0.1, -0.05) is 0 Å². The van der Waals surface area contributed by atoms with Crippen molar-refractivity contribution in [2.75, 3.05) is 0 Å². The third-order valence-corrected chi connectivity index (χ3v) is 1.08. The molecule has 1 rings (SSSR count). The Balaban J connectivity index is 2.83. The van der Waals surface area contributed by atoms with Gasteiger partial charge in [0.15, 0.2) is 0 Å². The lowest BCUT2D eigenvalue weighted by Crippen LogP contribution is -1.83. The first kappa shape index (κ1) is 7.28. The SMILES string of the molecule is N#CCc1ccc([N+](=O)[O-])o1. The predicted molar refractivity (Wildman–Crippen MR) is 34.7 cm³/mol. The summed E-state index contributed by atoms with van der Waals surface area (Å²) in [6.45, 7) is 0. The Morgan fingerprint density at radius 2 is 2.45 bits per heavy atom. The van der Waals surface area contributed by atoms with E-state index >= 15 is 0 Å². The average Bonchev–Trinajstić information content (AvgIpc) is 2.37.